The Morgan fingerprint density at radius 1 is 1.05 bits per heavy atom. The summed E-state index contributed by atoms with van der Waals surface area (Å²) in [7, 11) is 0. The molecule has 1 atom stereocenters. The van der Waals surface area contributed by atoms with Gasteiger partial charge in [0.25, 0.3) is 0 Å². The van der Waals surface area contributed by atoms with Gasteiger partial charge in [0, 0.05) is 33.3 Å². The fourth-order valence-electron chi connectivity index (χ4n) is 2.39. The predicted molar refractivity (Wildman–Crippen MR) is 94.7 cm³/mol. The molecule has 0 fully saturated rings. The molecule has 0 saturated carbocycles. The summed E-state index contributed by atoms with van der Waals surface area (Å²) in [5, 5.41) is 4.38. The van der Waals surface area contributed by atoms with Crippen LogP contribution in [0.25, 0.3) is 0 Å². The van der Waals surface area contributed by atoms with E-state index >= 15 is 0 Å². The molecular weight excluding hydrogens is 298 g/mol. The van der Waals surface area contributed by atoms with Gasteiger partial charge in [-0.05, 0) is 42.7 Å². The third-order valence-corrected chi connectivity index (χ3v) is 5.13. The molecule has 0 aliphatic heterocycles. The van der Waals surface area contributed by atoms with E-state index < -0.39 is 0 Å². The quantitative estimate of drug-likeness (QED) is 0.730. The molecule has 0 spiro atoms. The number of nitrogens with one attached hydrogen (secondary N) is 1. The number of aryl methyl sites for hydroxylation is 1. The minimum Gasteiger partial charge on any atom is -0.314 e. The second kappa shape index (κ2) is 7.98. The Hall–Kier alpha value is -0.830. The lowest BCUT2D eigenvalue weighted by Gasteiger charge is -2.19. The highest BCUT2D eigenvalue weighted by molar-refractivity contribution is 7.11. The number of benzene rings is 1. The molecule has 1 heterocycles. The molecule has 0 saturated heterocycles. The van der Waals surface area contributed by atoms with Gasteiger partial charge >= 0.3 is 0 Å². The minimum atomic E-state index is 0.494. The fourth-order valence-corrected chi connectivity index (χ4v) is 3.55. The molecular formula is C18H24ClNS. The molecule has 21 heavy (non-hydrogen) atoms. The van der Waals surface area contributed by atoms with Crippen molar-refractivity contribution >= 4 is 22.9 Å². The highest BCUT2D eigenvalue weighted by Crippen LogP contribution is 2.26. The second-order valence-electron chi connectivity index (χ2n) is 5.74. The molecule has 3 heteroatoms. The van der Waals surface area contributed by atoms with Gasteiger partial charge in [0.05, 0.1) is 0 Å². The van der Waals surface area contributed by atoms with E-state index in [0.717, 1.165) is 24.4 Å². The topological polar surface area (TPSA) is 12.0 Å². The maximum Gasteiger partial charge on any atom is 0.0406 e. The molecule has 114 valence electrons. The summed E-state index contributed by atoms with van der Waals surface area (Å²) in [5.74, 6) is 0.494. The number of thiophene rings is 1. The monoisotopic (exact) mass is 321 g/mol. The van der Waals surface area contributed by atoms with Crippen LogP contribution in [0.2, 0.25) is 5.02 Å². The molecule has 0 amide bonds. The van der Waals surface area contributed by atoms with Crippen molar-refractivity contribution in [3.8, 4) is 0 Å². The Bertz CT molecular complexity index is 545. The average Bonchev–Trinajstić information content (AvgIpc) is 2.92. The number of halogens is 1. The smallest absolute Gasteiger partial charge is 0.0406 e. The molecule has 1 aromatic carbocycles. The summed E-state index contributed by atoms with van der Waals surface area (Å²) in [6, 6.07) is 13.3. The normalized spacial score (nSPS) is 12.8. The first-order valence-corrected chi connectivity index (χ1v) is 8.84. The lowest BCUT2D eigenvalue weighted by Crippen LogP contribution is -2.28. The highest BCUT2D eigenvalue weighted by Gasteiger charge is 2.14. The standard InChI is InChI=1S/C18H24ClNS/c1-4-17-9-10-18(21-17)11-15(12-20-13(2)3)14-5-7-16(19)8-6-14/h5-10,13,15,20H,4,11-12H2,1-3H3. The summed E-state index contributed by atoms with van der Waals surface area (Å²) in [6.45, 7) is 7.60. The lowest BCUT2D eigenvalue weighted by molar-refractivity contribution is 0.528. The van der Waals surface area contributed by atoms with Gasteiger partial charge in [0.2, 0.25) is 0 Å². The van der Waals surface area contributed by atoms with E-state index in [2.05, 4.69) is 50.4 Å². The van der Waals surface area contributed by atoms with Crippen LogP contribution in [0.1, 0.15) is 42.0 Å². The van der Waals surface area contributed by atoms with Crippen LogP contribution in [-0.2, 0) is 12.8 Å². The molecule has 1 nitrogen and oxygen atoms in total. The summed E-state index contributed by atoms with van der Waals surface area (Å²) in [6.07, 6.45) is 2.21. The summed E-state index contributed by atoms with van der Waals surface area (Å²) in [4.78, 5) is 2.94. The second-order valence-corrected chi connectivity index (χ2v) is 7.43. The van der Waals surface area contributed by atoms with Crippen LogP contribution in [0, 0.1) is 0 Å². The van der Waals surface area contributed by atoms with Crippen molar-refractivity contribution in [3.63, 3.8) is 0 Å². The molecule has 1 aromatic heterocycles. The summed E-state index contributed by atoms with van der Waals surface area (Å²) >= 11 is 7.95. The first-order valence-electron chi connectivity index (χ1n) is 7.65. The van der Waals surface area contributed by atoms with Crippen molar-refractivity contribution in [2.24, 2.45) is 0 Å². The average molecular weight is 322 g/mol. The van der Waals surface area contributed by atoms with Crippen molar-refractivity contribution in [2.75, 3.05) is 6.54 Å². The van der Waals surface area contributed by atoms with Crippen molar-refractivity contribution in [2.45, 2.75) is 45.6 Å². The van der Waals surface area contributed by atoms with Gasteiger partial charge in [-0.15, -0.1) is 11.3 Å². The highest BCUT2D eigenvalue weighted by atomic mass is 35.5. The molecule has 2 rings (SSSR count). The van der Waals surface area contributed by atoms with Crippen LogP contribution in [0.5, 0.6) is 0 Å². The molecule has 0 aliphatic carbocycles. The molecule has 1 N–H and O–H groups in total. The Morgan fingerprint density at radius 3 is 2.29 bits per heavy atom. The van der Waals surface area contributed by atoms with Gasteiger partial charge in [0.1, 0.15) is 0 Å². The summed E-state index contributed by atoms with van der Waals surface area (Å²) in [5.41, 5.74) is 1.36. The first kappa shape index (κ1) is 16.5. The maximum absolute atomic E-state index is 6.01. The van der Waals surface area contributed by atoms with E-state index in [9.17, 15) is 0 Å². The van der Waals surface area contributed by atoms with Crippen LogP contribution in [0.4, 0.5) is 0 Å². The molecule has 0 radical (unpaired) electrons. The SMILES string of the molecule is CCc1ccc(CC(CNC(C)C)c2ccc(Cl)cc2)s1. The van der Waals surface area contributed by atoms with E-state index in [4.69, 9.17) is 11.6 Å². The Morgan fingerprint density at radius 2 is 1.71 bits per heavy atom. The van der Waals surface area contributed by atoms with E-state index in [1.165, 1.54) is 15.3 Å². The van der Waals surface area contributed by atoms with Crippen molar-refractivity contribution in [3.05, 3.63) is 56.7 Å². The number of hydrogen-bond donors (Lipinski definition) is 1. The van der Waals surface area contributed by atoms with E-state index in [0.29, 0.717) is 12.0 Å². The van der Waals surface area contributed by atoms with Gasteiger partial charge in [-0.25, -0.2) is 0 Å². The van der Waals surface area contributed by atoms with Crippen LogP contribution < -0.4 is 5.32 Å². The van der Waals surface area contributed by atoms with E-state index in [1.54, 1.807) is 0 Å². The van der Waals surface area contributed by atoms with Crippen LogP contribution in [0.3, 0.4) is 0 Å². The minimum absolute atomic E-state index is 0.494. The summed E-state index contributed by atoms with van der Waals surface area (Å²) < 4.78 is 0. The van der Waals surface area contributed by atoms with Crippen LogP contribution >= 0.6 is 22.9 Å². The van der Waals surface area contributed by atoms with E-state index in [-0.39, 0.29) is 0 Å². The van der Waals surface area contributed by atoms with Crippen LogP contribution in [0.15, 0.2) is 36.4 Å². The zero-order valence-electron chi connectivity index (χ0n) is 13.0. The zero-order valence-corrected chi connectivity index (χ0v) is 14.6. The van der Waals surface area contributed by atoms with Crippen molar-refractivity contribution in [1.29, 1.82) is 0 Å². The van der Waals surface area contributed by atoms with Gasteiger partial charge in [-0.1, -0.05) is 44.5 Å². The van der Waals surface area contributed by atoms with E-state index in [1.807, 2.05) is 23.5 Å². The maximum atomic E-state index is 6.01. The van der Waals surface area contributed by atoms with Crippen molar-refractivity contribution in [1.82, 2.24) is 5.32 Å². The Labute approximate surface area is 137 Å². The third-order valence-electron chi connectivity index (χ3n) is 3.63. The Kier molecular flexibility index (Phi) is 6.28. The molecule has 2 aromatic rings. The van der Waals surface area contributed by atoms with Crippen molar-refractivity contribution < 1.29 is 0 Å². The fraction of sp³-hybridized carbons (Fsp3) is 0.444. The van der Waals surface area contributed by atoms with Gasteiger partial charge in [-0.2, -0.15) is 0 Å². The molecule has 0 bridgehead atoms. The first-order chi connectivity index (χ1) is 10.1. The lowest BCUT2D eigenvalue weighted by atomic mass is 9.94. The van der Waals surface area contributed by atoms with Crippen LogP contribution in [-0.4, -0.2) is 12.6 Å². The number of rotatable bonds is 7. The Balaban J connectivity index is 2.12. The van der Waals surface area contributed by atoms with Gasteiger partial charge in [-0.3, -0.25) is 0 Å². The number of hydrogen-bond acceptors (Lipinski definition) is 2. The zero-order chi connectivity index (χ0) is 15.2. The molecule has 0 aliphatic rings. The van der Waals surface area contributed by atoms with Gasteiger partial charge < -0.3 is 5.32 Å². The predicted octanol–water partition coefficient (Wildman–Crippen LogP) is 5.29. The van der Waals surface area contributed by atoms with Gasteiger partial charge in [0.15, 0.2) is 0 Å². The molecule has 1 unspecified atom stereocenters. The third kappa shape index (κ3) is 5.14. The largest absolute Gasteiger partial charge is 0.314 e.